The first kappa shape index (κ1) is 45.7. The van der Waals surface area contributed by atoms with Crippen LogP contribution in [0.25, 0.3) is 105 Å². The quantitative estimate of drug-likeness (QED) is 0.112. The molecular weight excluding hydrogens is 1050 g/mol. The molecule has 0 aliphatic rings. The van der Waals surface area contributed by atoms with Crippen LogP contribution in [-0.4, -0.2) is 14.5 Å². The van der Waals surface area contributed by atoms with Crippen molar-refractivity contribution in [2.75, 3.05) is 0 Å². The Morgan fingerprint density at radius 3 is 1.86 bits per heavy atom. The van der Waals surface area contributed by atoms with E-state index in [0.29, 0.717) is 5.56 Å². The number of aromatic nitrogens is 3. The van der Waals surface area contributed by atoms with Gasteiger partial charge in [0.15, 0.2) is 0 Å². The predicted octanol–water partition coefficient (Wildman–Crippen LogP) is 18.4. The number of hydrogen-bond donors (Lipinski definition) is 0. The summed E-state index contributed by atoms with van der Waals surface area (Å²) >= 11 is 0. The molecule has 4 nitrogen and oxygen atoms in total. The number of benzene rings is 9. The zero-order valence-electron chi connectivity index (χ0n) is 43.7. The van der Waals surface area contributed by atoms with Gasteiger partial charge in [0.05, 0.1) is 22.4 Å². The van der Waals surface area contributed by atoms with Crippen LogP contribution in [0.2, 0.25) is 0 Å². The smallest absolute Gasteiger partial charge is 0.128 e. The van der Waals surface area contributed by atoms with Crippen molar-refractivity contribution < 1.29 is 27.3 Å². The molecule has 5 heteroatoms. The summed E-state index contributed by atoms with van der Waals surface area (Å²) in [5.74, 6) is 1.37. The van der Waals surface area contributed by atoms with Crippen molar-refractivity contribution in [3.05, 3.63) is 223 Å². The van der Waals surface area contributed by atoms with Crippen LogP contribution in [-0.2, 0) is 26.5 Å². The van der Waals surface area contributed by atoms with Gasteiger partial charge in [-0.2, -0.15) is 0 Å². The van der Waals surface area contributed by atoms with E-state index < -0.39 is 11.8 Å². The Balaban J connectivity index is 0.000000265. The standard InChI is InChI=1S/C51H39N2O.C16H18N.Ir/c1-31(2)44-29-37(34-16-9-6-10-17-34)30-45(32(3)4)48(44)53-47-21-12-11-20-46(47)52-51(53)43-19-13-18-40-42-27-26-39-38-24-22-35(33-14-7-5-8-15-33)28-36(38)23-25-41(39)49(42)54-50(40)43;1-16(2,3)11-13-9-10-15(17-12-13)14-7-5-4-6-8-14;/h5-18,20-32H,1-4H3;4-7,9-10,12H,11H2,1-3H3;/q2*-1;/i;11D2;. The maximum absolute atomic E-state index is 8.21. The van der Waals surface area contributed by atoms with Gasteiger partial charge in [-0.1, -0.05) is 181 Å². The fraction of sp³-hybridized carbons (Fsp3) is 0.164. The summed E-state index contributed by atoms with van der Waals surface area (Å²) in [6.45, 7) is 14.9. The van der Waals surface area contributed by atoms with Gasteiger partial charge in [-0.05, 0) is 115 Å². The van der Waals surface area contributed by atoms with Crippen LogP contribution in [0.3, 0.4) is 0 Å². The van der Waals surface area contributed by atoms with E-state index in [-0.39, 0.29) is 31.9 Å². The van der Waals surface area contributed by atoms with Crippen molar-refractivity contribution >= 4 is 54.5 Å². The van der Waals surface area contributed by atoms with Crippen LogP contribution in [0, 0.1) is 17.5 Å². The van der Waals surface area contributed by atoms with Crippen LogP contribution in [0.4, 0.5) is 0 Å². The molecule has 1 radical (unpaired) electrons. The monoisotopic (exact) mass is 1110 g/mol. The molecule has 0 fully saturated rings. The maximum Gasteiger partial charge on any atom is 0.128 e. The molecule has 0 bridgehead atoms. The molecule has 72 heavy (non-hydrogen) atoms. The summed E-state index contributed by atoms with van der Waals surface area (Å²) in [5, 5.41) is 6.86. The molecular formula is C67H57IrN3O-2. The van der Waals surface area contributed by atoms with Crippen molar-refractivity contribution in [2.45, 2.75) is 66.7 Å². The first-order chi connectivity index (χ1) is 35.3. The average molecular weight is 1110 g/mol. The van der Waals surface area contributed by atoms with Crippen LogP contribution < -0.4 is 0 Å². The zero-order chi connectivity index (χ0) is 50.6. The van der Waals surface area contributed by atoms with Gasteiger partial charge >= 0.3 is 0 Å². The van der Waals surface area contributed by atoms with Gasteiger partial charge in [0.1, 0.15) is 5.58 Å². The zero-order valence-corrected chi connectivity index (χ0v) is 44.1. The second kappa shape index (κ2) is 20.0. The first-order valence-corrected chi connectivity index (χ1v) is 24.7. The van der Waals surface area contributed by atoms with Gasteiger partial charge in [-0.3, -0.25) is 4.98 Å². The topological polar surface area (TPSA) is 43.9 Å². The number of pyridine rings is 1. The van der Waals surface area contributed by atoms with Gasteiger partial charge in [0.2, 0.25) is 0 Å². The summed E-state index contributed by atoms with van der Waals surface area (Å²) in [6, 6.07) is 72.4. The van der Waals surface area contributed by atoms with E-state index in [1.807, 2.05) is 63.2 Å². The van der Waals surface area contributed by atoms with Crippen molar-refractivity contribution in [2.24, 2.45) is 5.41 Å². The minimum atomic E-state index is -1.40. The molecule has 0 aliphatic carbocycles. The molecule has 12 aromatic rings. The number of para-hydroxylation sites is 2. The van der Waals surface area contributed by atoms with Crippen LogP contribution in [0.5, 0.6) is 0 Å². The molecule has 357 valence electrons. The van der Waals surface area contributed by atoms with Crippen molar-refractivity contribution in [1.29, 1.82) is 0 Å². The molecule has 3 aromatic heterocycles. The van der Waals surface area contributed by atoms with E-state index in [4.69, 9.17) is 12.1 Å². The van der Waals surface area contributed by atoms with Gasteiger partial charge in [-0.15, -0.1) is 54.1 Å². The van der Waals surface area contributed by atoms with Crippen LogP contribution >= 0.6 is 0 Å². The Hall–Kier alpha value is -7.43. The molecule has 0 atom stereocenters. The third-order valence-corrected chi connectivity index (χ3v) is 13.3. The van der Waals surface area contributed by atoms with E-state index in [9.17, 15) is 0 Å². The van der Waals surface area contributed by atoms with Gasteiger partial charge in [0, 0.05) is 45.5 Å². The third-order valence-electron chi connectivity index (χ3n) is 13.3. The molecule has 0 unspecified atom stereocenters. The van der Waals surface area contributed by atoms with Gasteiger partial charge in [-0.25, -0.2) is 0 Å². The molecule has 0 amide bonds. The summed E-state index contributed by atoms with van der Waals surface area (Å²) in [5.41, 5.74) is 15.1. The van der Waals surface area contributed by atoms with Gasteiger partial charge in [0.25, 0.3) is 0 Å². The van der Waals surface area contributed by atoms with Crippen molar-refractivity contribution in [3.63, 3.8) is 0 Å². The number of fused-ring (bicyclic) bond motifs is 8. The Bertz CT molecular complexity index is 3940. The number of hydrogen-bond acceptors (Lipinski definition) is 3. The third kappa shape index (κ3) is 9.32. The molecule has 0 spiro atoms. The number of rotatable bonds is 8. The Morgan fingerprint density at radius 1 is 0.569 bits per heavy atom. The second-order valence-electron chi connectivity index (χ2n) is 20.1. The summed E-state index contributed by atoms with van der Waals surface area (Å²) in [7, 11) is 0. The second-order valence-corrected chi connectivity index (χ2v) is 20.1. The number of nitrogens with zero attached hydrogens (tertiary/aromatic N) is 3. The molecule has 0 saturated heterocycles. The van der Waals surface area contributed by atoms with Crippen molar-refractivity contribution in [3.8, 4) is 50.6 Å². The molecule has 0 aliphatic heterocycles. The largest absolute Gasteiger partial charge is 0.500 e. The van der Waals surface area contributed by atoms with Gasteiger partial charge < -0.3 is 14.0 Å². The van der Waals surface area contributed by atoms with Crippen molar-refractivity contribution in [1.82, 2.24) is 14.5 Å². The SMILES string of the molecule is CC(C)c1cc(-c2ccccc2)cc(C(C)C)c1-n1c(-c2[c-]ccc3c2oc2c3ccc3c4ccc(-c5ccccc5)cc4ccc32)nc2ccccc21.[2H]C([2H])(c1ccc(-c2[c-]cccc2)nc1)C(C)(C)C.[Ir]. The normalized spacial score (nSPS) is 12.3. The minimum Gasteiger partial charge on any atom is -0.500 e. The number of imidazole rings is 1. The molecule has 0 saturated carbocycles. The summed E-state index contributed by atoms with van der Waals surface area (Å²) in [6.07, 6.45) is 0.223. The Kier molecular flexibility index (Phi) is 12.7. The van der Waals surface area contributed by atoms with E-state index in [0.717, 1.165) is 61.0 Å². The molecule has 12 rings (SSSR count). The Morgan fingerprint density at radius 2 is 1.19 bits per heavy atom. The summed E-state index contributed by atoms with van der Waals surface area (Å²) in [4.78, 5) is 9.73. The van der Waals surface area contributed by atoms with E-state index >= 15 is 0 Å². The molecule has 3 heterocycles. The fourth-order valence-electron chi connectivity index (χ4n) is 9.97. The minimum absolute atomic E-state index is 0. The van der Waals surface area contributed by atoms with Crippen LogP contribution in [0.1, 0.15) is 79.7 Å². The Labute approximate surface area is 439 Å². The number of furan rings is 1. The average Bonchev–Trinajstić information content (AvgIpc) is 4.00. The summed E-state index contributed by atoms with van der Waals surface area (Å²) < 4.78 is 25.8. The van der Waals surface area contributed by atoms with E-state index in [1.54, 1.807) is 6.20 Å². The predicted molar refractivity (Wildman–Crippen MR) is 298 cm³/mol. The maximum atomic E-state index is 8.21. The molecule has 9 aromatic carbocycles. The fourth-order valence-corrected chi connectivity index (χ4v) is 9.97. The molecule has 0 N–H and O–H groups in total. The van der Waals surface area contributed by atoms with E-state index in [1.165, 1.54) is 55.2 Å². The van der Waals surface area contributed by atoms with E-state index in [2.05, 4.69) is 195 Å². The van der Waals surface area contributed by atoms with Crippen LogP contribution in [0.15, 0.2) is 199 Å². The first-order valence-electron chi connectivity index (χ1n) is 25.7.